The van der Waals surface area contributed by atoms with Gasteiger partial charge in [0, 0.05) is 19.3 Å². The van der Waals surface area contributed by atoms with Crippen molar-refractivity contribution in [3.8, 4) is 0 Å². The highest BCUT2D eigenvalue weighted by molar-refractivity contribution is 5.77. The largest absolute Gasteiger partial charge is 0.481 e. The minimum absolute atomic E-state index is 0.385. The average molecular weight is 349 g/mol. The predicted molar refractivity (Wildman–Crippen MR) is 85.5 cm³/mol. The van der Waals surface area contributed by atoms with Crippen LogP contribution in [0.25, 0.3) is 0 Å². The Morgan fingerprint density at radius 1 is 1.20 bits per heavy atom. The summed E-state index contributed by atoms with van der Waals surface area (Å²) in [6, 6.07) is 5.34. The minimum atomic E-state index is -1.14. The van der Waals surface area contributed by atoms with E-state index in [-0.39, 0.29) is 6.54 Å². The Kier molecular flexibility index (Phi) is 5.48. The molecule has 0 radical (unpaired) electrons. The molecule has 2 aromatic rings. The zero-order valence-electron chi connectivity index (χ0n) is 13.3. The van der Waals surface area contributed by atoms with E-state index >= 15 is 0 Å². The molecule has 2 N–H and O–H groups in total. The molecule has 8 nitrogen and oxygen atoms in total. The molecule has 2 rings (SSSR count). The van der Waals surface area contributed by atoms with Crippen LogP contribution in [0.3, 0.4) is 0 Å². The minimum Gasteiger partial charge on any atom is -0.481 e. The third kappa shape index (κ3) is 4.63. The fourth-order valence-corrected chi connectivity index (χ4v) is 2.25. The number of aliphatic carboxylic acids is 1. The smallest absolute Gasteiger partial charge is 0.331 e. The SMILES string of the molecule is Cn1c(=O)ccn(CC(=O)NC(CC(=O)O)c2ccc(F)cc2)c1=O. The van der Waals surface area contributed by atoms with Gasteiger partial charge in [-0.2, -0.15) is 0 Å². The molecule has 25 heavy (non-hydrogen) atoms. The number of nitrogens with zero attached hydrogens (tertiary/aromatic N) is 2. The van der Waals surface area contributed by atoms with Gasteiger partial charge in [0.05, 0.1) is 12.5 Å². The highest BCUT2D eigenvalue weighted by Gasteiger charge is 2.19. The average Bonchev–Trinajstić information content (AvgIpc) is 2.55. The van der Waals surface area contributed by atoms with Crippen LogP contribution in [0.1, 0.15) is 18.0 Å². The highest BCUT2D eigenvalue weighted by atomic mass is 19.1. The normalized spacial score (nSPS) is 11.8. The summed E-state index contributed by atoms with van der Waals surface area (Å²) in [5, 5.41) is 11.5. The van der Waals surface area contributed by atoms with Crippen LogP contribution in [0, 0.1) is 5.82 Å². The Labute approximate surface area is 141 Å². The number of carboxylic acid groups (broad SMARTS) is 1. The zero-order valence-corrected chi connectivity index (χ0v) is 13.3. The number of halogens is 1. The summed E-state index contributed by atoms with van der Waals surface area (Å²) in [4.78, 5) is 46.4. The standard InChI is InChI=1S/C16H16FN3O5/c1-19-14(22)6-7-20(16(19)25)9-13(21)18-12(8-15(23)24)10-2-4-11(17)5-3-10/h2-7,12H,8-9H2,1H3,(H,18,21)(H,23,24). The molecule has 0 saturated heterocycles. The highest BCUT2D eigenvalue weighted by Crippen LogP contribution is 2.17. The van der Waals surface area contributed by atoms with Gasteiger partial charge >= 0.3 is 11.7 Å². The van der Waals surface area contributed by atoms with E-state index in [1.54, 1.807) is 0 Å². The summed E-state index contributed by atoms with van der Waals surface area (Å²) in [5.41, 5.74) is -0.749. The molecule has 1 aromatic carbocycles. The van der Waals surface area contributed by atoms with Crippen molar-refractivity contribution in [2.45, 2.75) is 19.0 Å². The Hall–Kier alpha value is -3.23. The molecular formula is C16H16FN3O5. The van der Waals surface area contributed by atoms with Gasteiger partial charge in [0.2, 0.25) is 5.91 Å². The Balaban J connectivity index is 2.18. The Bertz CT molecular complexity index is 901. The molecular weight excluding hydrogens is 333 g/mol. The monoisotopic (exact) mass is 349 g/mol. The maximum Gasteiger partial charge on any atom is 0.331 e. The van der Waals surface area contributed by atoms with Crippen molar-refractivity contribution in [3.05, 3.63) is 68.7 Å². The lowest BCUT2D eigenvalue weighted by Crippen LogP contribution is -2.41. The fourth-order valence-electron chi connectivity index (χ4n) is 2.25. The van der Waals surface area contributed by atoms with E-state index in [4.69, 9.17) is 5.11 Å². The first-order chi connectivity index (χ1) is 11.8. The number of rotatable bonds is 6. The van der Waals surface area contributed by atoms with Crippen molar-refractivity contribution >= 4 is 11.9 Å². The van der Waals surface area contributed by atoms with Gasteiger partial charge in [-0.3, -0.25) is 23.5 Å². The van der Waals surface area contributed by atoms with Crippen molar-refractivity contribution < 1.29 is 19.1 Å². The van der Waals surface area contributed by atoms with Gasteiger partial charge in [-0.15, -0.1) is 0 Å². The summed E-state index contributed by atoms with van der Waals surface area (Å²) in [7, 11) is 1.28. The van der Waals surface area contributed by atoms with Crippen molar-refractivity contribution in [3.63, 3.8) is 0 Å². The van der Waals surface area contributed by atoms with Crippen molar-refractivity contribution in [2.24, 2.45) is 7.05 Å². The lowest BCUT2D eigenvalue weighted by molar-refractivity contribution is -0.137. The van der Waals surface area contributed by atoms with E-state index in [1.165, 1.54) is 25.4 Å². The van der Waals surface area contributed by atoms with Crippen LogP contribution >= 0.6 is 0 Å². The first-order valence-corrected chi connectivity index (χ1v) is 7.31. The lowest BCUT2D eigenvalue weighted by Gasteiger charge is -2.18. The summed E-state index contributed by atoms with van der Waals surface area (Å²) in [6.45, 7) is -0.385. The molecule has 0 aliphatic carbocycles. The third-order valence-corrected chi connectivity index (χ3v) is 3.56. The number of carbonyl (C=O) groups excluding carboxylic acids is 1. The number of benzene rings is 1. The number of amides is 1. The first-order valence-electron chi connectivity index (χ1n) is 7.31. The lowest BCUT2D eigenvalue weighted by atomic mass is 10.0. The van der Waals surface area contributed by atoms with Crippen LogP contribution in [0.15, 0.2) is 46.1 Å². The number of hydrogen-bond acceptors (Lipinski definition) is 4. The van der Waals surface area contributed by atoms with Crippen LogP contribution in [0.2, 0.25) is 0 Å². The summed E-state index contributed by atoms with van der Waals surface area (Å²) in [6.07, 6.45) is 0.786. The number of aromatic nitrogens is 2. The Morgan fingerprint density at radius 3 is 2.44 bits per heavy atom. The number of carbonyl (C=O) groups is 2. The maximum atomic E-state index is 13.0. The van der Waals surface area contributed by atoms with E-state index in [9.17, 15) is 23.6 Å². The van der Waals surface area contributed by atoms with Gasteiger partial charge in [0.1, 0.15) is 12.4 Å². The van der Waals surface area contributed by atoms with Crippen LogP contribution in [-0.4, -0.2) is 26.1 Å². The molecule has 1 amide bonds. The van der Waals surface area contributed by atoms with Gasteiger partial charge in [-0.1, -0.05) is 12.1 Å². The second-order valence-corrected chi connectivity index (χ2v) is 5.39. The van der Waals surface area contributed by atoms with Gasteiger partial charge in [-0.25, -0.2) is 9.18 Å². The van der Waals surface area contributed by atoms with Gasteiger partial charge in [0.25, 0.3) is 5.56 Å². The van der Waals surface area contributed by atoms with E-state index in [1.807, 2.05) is 0 Å². The van der Waals surface area contributed by atoms with E-state index in [0.29, 0.717) is 5.56 Å². The van der Waals surface area contributed by atoms with Gasteiger partial charge < -0.3 is 10.4 Å². The van der Waals surface area contributed by atoms with Gasteiger partial charge in [0.15, 0.2) is 0 Å². The molecule has 0 spiro atoms. The molecule has 0 aliphatic heterocycles. The molecule has 1 atom stereocenters. The number of nitrogens with one attached hydrogen (secondary N) is 1. The van der Waals surface area contributed by atoms with Crippen LogP contribution in [0.5, 0.6) is 0 Å². The second-order valence-electron chi connectivity index (χ2n) is 5.39. The fraction of sp³-hybridized carbons (Fsp3) is 0.250. The van der Waals surface area contributed by atoms with Crippen molar-refractivity contribution in [1.82, 2.24) is 14.5 Å². The molecule has 0 fully saturated rings. The molecule has 132 valence electrons. The molecule has 0 saturated carbocycles. The van der Waals surface area contributed by atoms with E-state index < -0.39 is 41.4 Å². The first kappa shape index (κ1) is 18.1. The van der Waals surface area contributed by atoms with E-state index in [2.05, 4.69) is 5.32 Å². The Morgan fingerprint density at radius 2 is 1.84 bits per heavy atom. The van der Waals surface area contributed by atoms with Crippen molar-refractivity contribution in [1.29, 1.82) is 0 Å². The molecule has 1 unspecified atom stereocenters. The van der Waals surface area contributed by atoms with Crippen LogP contribution in [-0.2, 0) is 23.2 Å². The second kappa shape index (κ2) is 7.56. The summed E-state index contributed by atoms with van der Waals surface area (Å²) in [5.74, 6) is -2.24. The van der Waals surface area contributed by atoms with Gasteiger partial charge in [-0.05, 0) is 17.7 Å². The molecule has 1 heterocycles. The van der Waals surface area contributed by atoms with Crippen LogP contribution < -0.4 is 16.6 Å². The quantitative estimate of drug-likeness (QED) is 0.764. The third-order valence-electron chi connectivity index (χ3n) is 3.56. The van der Waals surface area contributed by atoms with E-state index in [0.717, 1.165) is 27.3 Å². The zero-order chi connectivity index (χ0) is 18.6. The maximum absolute atomic E-state index is 13.0. The number of carboxylic acids is 1. The number of hydrogen-bond donors (Lipinski definition) is 2. The molecule has 0 aliphatic rings. The summed E-state index contributed by atoms with van der Waals surface area (Å²) < 4.78 is 14.9. The molecule has 9 heteroatoms. The van der Waals surface area contributed by atoms with Crippen molar-refractivity contribution in [2.75, 3.05) is 0 Å². The predicted octanol–water partition coefficient (Wildman–Crippen LogP) is 0.0183. The summed E-state index contributed by atoms with van der Waals surface area (Å²) >= 11 is 0. The topological polar surface area (TPSA) is 110 Å². The van der Waals surface area contributed by atoms with Crippen LogP contribution in [0.4, 0.5) is 4.39 Å². The molecule has 0 bridgehead atoms. The molecule has 1 aromatic heterocycles.